The number of nitrogens with one attached hydrogen (secondary N) is 2. The number of hydrogen-bond acceptors (Lipinski definition) is 6. The Kier molecular flexibility index (Phi) is 8.00. The van der Waals surface area contributed by atoms with E-state index >= 15 is 0 Å². The van der Waals surface area contributed by atoms with Crippen molar-refractivity contribution in [1.29, 1.82) is 0 Å². The summed E-state index contributed by atoms with van der Waals surface area (Å²) in [4.78, 5) is 41.7. The van der Waals surface area contributed by atoms with E-state index in [0.717, 1.165) is 103 Å². The predicted molar refractivity (Wildman–Crippen MR) is 203 cm³/mol. The highest BCUT2D eigenvalue weighted by Crippen LogP contribution is 2.65. The molecule has 53 heavy (non-hydrogen) atoms. The average Bonchev–Trinajstić information content (AvgIpc) is 3.53. The van der Waals surface area contributed by atoms with Crippen LogP contribution in [0.1, 0.15) is 106 Å². The van der Waals surface area contributed by atoms with Crippen molar-refractivity contribution in [1.82, 2.24) is 24.8 Å². The average molecular weight is 722 g/mol. The van der Waals surface area contributed by atoms with Gasteiger partial charge in [0.2, 0.25) is 5.91 Å². The normalized spacial score (nSPS) is 26.2. The highest BCUT2D eigenvalue weighted by atomic mass is 19.3. The Balaban J connectivity index is 1.08. The van der Waals surface area contributed by atoms with E-state index in [4.69, 9.17) is 9.97 Å². The van der Waals surface area contributed by atoms with Gasteiger partial charge < -0.3 is 20.1 Å². The number of nitrogens with zero attached hydrogens (tertiary/aromatic N) is 5. The van der Waals surface area contributed by atoms with Gasteiger partial charge in [-0.05, 0) is 94.3 Å². The van der Waals surface area contributed by atoms with Crippen molar-refractivity contribution in [3.05, 3.63) is 65.5 Å². The summed E-state index contributed by atoms with van der Waals surface area (Å²) in [6.07, 6.45) is 9.93. The molecular formula is C42H49F2N7O2. The molecule has 2 atom stereocenters. The number of anilines is 3. The SMILES string of the molecule is CC[C@H](C)n1cnc2cc(-c3ccc4c(c3)N(C3CC(N5CCC6(C5)CC6(F)F)C3)C(=O)C43CCCCC3)nc(Nc3ccc(C)c(C(=O)NC)c3)c21. The zero-order chi connectivity index (χ0) is 36.9. The first-order chi connectivity index (χ1) is 25.5. The predicted octanol–water partition coefficient (Wildman–Crippen LogP) is 8.29. The number of likely N-dealkylation sites (tertiary alicyclic amines) is 1. The van der Waals surface area contributed by atoms with Gasteiger partial charge in [-0.25, -0.2) is 18.7 Å². The molecule has 2 amide bonds. The third-order valence-electron chi connectivity index (χ3n) is 13.6. The van der Waals surface area contributed by atoms with Crippen molar-refractivity contribution in [2.24, 2.45) is 5.41 Å². The lowest BCUT2D eigenvalue weighted by Gasteiger charge is -2.46. The van der Waals surface area contributed by atoms with E-state index in [9.17, 15) is 18.4 Å². The minimum Gasteiger partial charge on any atom is -0.355 e. The Hall–Kier alpha value is -4.38. The molecule has 3 aliphatic carbocycles. The Morgan fingerprint density at radius 1 is 1.04 bits per heavy atom. The van der Waals surface area contributed by atoms with Crippen LogP contribution in [0.25, 0.3) is 22.3 Å². The molecule has 4 heterocycles. The molecule has 2 aromatic heterocycles. The van der Waals surface area contributed by atoms with Gasteiger partial charge in [0.05, 0.1) is 28.4 Å². The first-order valence-electron chi connectivity index (χ1n) is 19.6. The van der Waals surface area contributed by atoms with Crippen LogP contribution in [0.3, 0.4) is 0 Å². The van der Waals surface area contributed by atoms with Crippen molar-refractivity contribution in [3.63, 3.8) is 0 Å². The summed E-state index contributed by atoms with van der Waals surface area (Å²) in [6, 6.07) is 14.7. The second-order valence-corrected chi connectivity index (χ2v) is 16.6. The van der Waals surface area contributed by atoms with Gasteiger partial charge in [0.1, 0.15) is 5.52 Å². The minimum absolute atomic E-state index is 0.0208. The molecule has 11 heteroatoms. The third kappa shape index (κ3) is 5.31. The lowest BCUT2D eigenvalue weighted by molar-refractivity contribution is -0.125. The fraction of sp³-hybridized carbons (Fsp3) is 0.524. The summed E-state index contributed by atoms with van der Waals surface area (Å²) >= 11 is 0. The molecular weight excluding hydrogens is 673 g/mol. The van der Waals surface area contributed by atoms with E-state index < -0.39 is 16.8 Å². The molecule has 2 spiro atoms. The highest BCUT2D eigenvalue weighted by molar-refractivity contribution is 6.09. The Labute approximate surface area is 309 Å². The largest absolute Gasteiger partial charge is 0.355 e. The van der Waals surface area contributed by atoms with E-state index in [0.29, 0.717) is 24.3 Å². The second-order valence-electron chi connectivity index (χ2n) is 16.6. The molecule has 0 bridgehead atoms. The Bertz CT molecular complexity index is 2130. The maximum absolute atomic E-state index is 14.6. The van der Waals surface area contributed by atoms with E-state index in [2.05, 4.69) is 57.0 Å². The first kappa shape index (κ1) is 34.4. The number of aryl methyl sites for hydroxylation is 1. The number of imidazole rings is 1. The molecule has 1 unspecified atom stereocenters. The van der Waals surface area contributed by atoms with E-state index in [1.165, 1.54) is 0 Å². The Morgan fingerprint density at radius 2 is 1.81 bits per heavy atom. The van der Waals surface area contributed by atoms with Crippen LogP contribution in [0.4, 0.5) is 26.0 Å². The number of benzene rings is 2. The van der Waals surface area contributed by atoms with Gasteiger partial charge in [0.15, 0.2) is 5.82 Å². The van der Waals surface area contributed by atoms with Gasteiger partial charge in [0, 0.05) is 60.6 Å². The number of pyridine rings is 1. The zero-order valence-corrected chi connectivity index (χ0v) is 31.1. The smallest absolute Gasteiger partial charge is 0.255 e. The van der Waals surface area contributed by atoms with Crippen LogP contribution in [0.15, 0.2) is 48.8 Å². The molecule has 9 rings (SSSR count). The van der Waals surface area contributed by atoms with Gasteiger partial charge >= 0.3 is 0 Å². The first-order valence-corrected chi connectivity index (χ1v) is 19.6. The quantitative estimate of drug-likeness (QED) is 0.190. The lowest BCUT2D eigenvalue weighted by atomic mass is 9.70. The van der Waals surface area contributed by atoms with Crippen LogP contribution in [0.5, 0.6) is 0 Å². The van der Waals surface area contributed by atoms with E-state index in [-0.39, 0.29) is 36.4 Å². The second kappa shape index (κ2) is 12.3. The monoisotopic (exact) mass is 721 g/mol. The summed E-state index contributed by atoms with van der Waals surface area (Å²) in [7, 11) is 1.63. The van der Waals surface area contributed by atoms with Gasteiger partial charge in [-0.1, -0.05) is 44.4 Å². The number of fused-ring (bicyclic) bond motifs is 3. The number of amides is 2. The maximum atomic E-state index is 14.6. The van der Waals surface area contributed by atoms with Crippen LogP contribution < -0.4 is 15.5 Å². The van der Waals surface area contributed by atoms with Gasteiger partial charge in [-0.2, -0.15) is 0 Å². The molecule has 5 aliphatic rings. The van der Waals surface area contributed by atoms with Crippen molar-refractivity contribution in [2.45, 2.75) is 114 Å². The maximum Gasteiger partial charge on any atom is 0.255 e. The lowest BCUT2D eigenvalue weighted by Crippen LogP contribution is -2.56. The van der Waals surface area contributed by atoms with Gasteiger partial charge in [-0.15, -0.1) is 0 Å². The van der Waals surface area contributed by atoms with E-state index in [1.807, 2.05) is 37.5 Å². The van der Waals surface area contributed by atoms with Crippen molar-refractivity contribution >= 4 is 40.0 Å². The summed E-state index contributed by atoms with van der Waals surface area (Å²) in [5, 5.41) is 6.28. The fourth-order valence-electron chi connectivity index (χ4n) is 9.90. The molecule has 2 aliphatic heterocycles. The van der Waals surface area contributed by atoms with Crippen LogP contribution in [-0.4, -0.2) is 69.4 Å². The number of hydrogen-bond donors (Lipinski definition) is 2. The molecule has 1 saturated heterocycles. The standard InChI is InChI=1S/C42H49F2N7O2/c1-5-26(3)50-24-46-34-21-33(48-37(36(34)50)47-28-11-9-25(2)31(18-28)38(52)45-4)27-10-12-32-35(17-27)51(39(53)41(32)13-7-6-8-14-41)30-19-29(20-30)49-16-15-40(23-49)22-42(40,43)44/h9-12,17-18,21,24,26,29-30H,5-8,13-16,19-20,22-23H2,1-4H3,(H,45,52)(H,47,48)/t26-,29?,30?,40?/m0/s1. The fourth-order valence-corrected chi connectivity index (χ4v) is 9.90. The number of rotatable bonds is 8. The van der Waals surface area contributed by atoms with Crippen molar-refractivity contribution in [2.75, 3.05) is 30.4 Å². The van der Waals surface area contributed by atoms with Crippen LogP contribution in [0, 0.1) is 12.3 Å². The highest BCUT2D eigenvalue weighted by Gasteiger charge is 2.73. The zero-order valence-electron chi connectivity index (χ0n) is 31.1. The summed E-state index contributed by atoms with van der Waals surface area (Å²) < 4.78 is 30.6. The number of aromatic nitrogens is 3. The molecule has 9 nitrogen and oxygen atoms in total. The summed E-state index contributed by atoms with van der Waals surface area (Å²) in [6.45, 7) is 7.43. The number of alkyl halides is 2. The van der Waals surface area contributed by atoms with Crippen molar-refractivity contribution < 1.29 is 18.4 Å². The number of halogens is 2. The number of carbonyl (C=O) groups is 2. The molecule has 3 saturated carbocycles. The van der Waals surface area contributed by atoms with Crippen molar-refractivity contribution in [3.8, 4) is 11.3 Å². The summed E-state index contributed by atoms with van der Waals surface area (Å²) in [5.41, 5.74) is 6.33. The minimum atomic E-state index is -2.52. The van der Waals surface area contributed by atoms with Crippen LogP contribution in [0.2, 0.25) is 0 Å². The molecule has 2 aromatic carbocycles. The third-order valence-corrected chi connectivity index (χ3v) is 13.6. The van der Waals surface area contributed by atoms with E-state index in [1.54, 1.807) is 7.05 Å². The molecule has 4 fully saturated rings. The molecule has 278 valence electrons. The van der Waals surface area contributed by atoms with Gasteiger partial charge in [-0.3, -0.25) is 14.5 Å². The van der Waals surface area contributed by atoms with Crippen LogP contribution in [-0.2, 0) is 10.2 Å². The molecule has 2 N–H and O–H groups in total. The molecule has 0 radical (unpaired) electrons. The summed E-state index contributed by atoms with van der Waals surface area (Å²) in [5.74, 6) is -1.82. The Morgan fingerprint density at radius 3 is 2.51 bits per heavy atom. The molecule has 4 aromatic rings. The van der Waals surface area contributed by atoms with Gasteiger partial charge in [0.25, 0.3) is 11.8 Å². The van der Waals surface area contributed by atoms with Crippen LogP contribution >= 0.6 is 0 Å². The number of carbonyl (C=O) groups excluding carboxylic acids is 2. The topological polar surface area (TPSA) is 95.4 Å².